The lowest BCUT2D eigenvalue weighted by molar-refractivity contribution is 0.272. The van der Waals surface area contributed by atoms with Gasteiger partial charge in [-0.3, -0.25) is 4.18 Å². The molecule has 1 rings (SSSR count). The van der Waals surface area contributed by atoms with E-state index in [9.17, 15) is 8.42 Å². The van der Waals surface area contributed by atoms with Crippen LogP contribution < -0.4 is 0 Å². The van der Waals surface area contributed by atoms with E-state index in [0.717, 1.165) is 11.3 Å². The van der Waals surface area contributed by atoms with E-state index >= 15 is 0 Å². The van der Waals surface area contributed by atoms with E-state index in [1.54, 1.807) is 0 Å². The summed E-state index contributed by atoms with van der Waals surface area (Å²) in [4.78, 5) is 3.21. The first-order chi connectivity index (χ1) is 9.97. The largest absolute Gasteiger partial charge is 0.411 e. The maximum atomic E-state index is 11.3. The molecule has 0 atom stereocenters. The number of aryl methyl sites for hydroxylation is 1. The van der Waals surface area contributed by atoms with E-state index in [1.807, 2.05) is 12.3 Å². The molecule has 22 heavy (non-hydrogen) atoms. The summed E-state index contributed by atoms with van der Waals surface area (Å²) in [6, 6.07) is 2.05. The van der Waals surface area contributed by atoms with Gasteiger partial charge < -0.3 is 9.41 Å². The Labute approximate surface area is 135 Å². The van der Waals surface area contributed by atoms with Crippen LogP contribution in [0.5, 0.6) is 0 Å². The Morgan fingerprint density at radius 1 is 1.27 bits per heavy atom. The summed E-state index contributed by atoms with van der Waals surface area (Å²) < 4.78 is 33.1. The van der Waals surface area contributed by atoms with Crippen LogP contribution >= 0.6 is 0 Å². The summed E-state index contributed by atoms with van der Waals surface area (Å²) in [6.07, 6.45) is 3.18. The zero-order valence-corrected chi connectivity index (χ0v) is 16.3. The molecule has 1 heterocycles. The first-order valence-electron chi connectivity index (χ1n) is 7.55. The van der Waals surface area contributed by atoms with Crippen molar-refractivity contribution in [2.75, 3.05) is 12.9 Å². The van der Waals surface area contributed by atoms with Gasteiger partial charge in [0.25, 0.3) is 10.1 Å². The van der Waals surface area contributed by atoms with Crippen molar-refractivity contribution in [3.05, 3.63) is 23.5 Å². The van der Waals surface area contributed by atoms with Crippen LogP contribution in [0, 0.1) is 0 Å². The number of hydrogen-bond donors (Lipinski definition) is 1. The van der Waals surface area contributed by atoms with Gasteiger partial charge in [-0.25, -0.2) is 0 Å². The summed E-state index contributed by atoms with van der Waals surface area (Å²) in [5.74, 6) is 0.0461. The molecule has 1 aromatic rings. The van der Waals surface area contributed by atoms with Crippen molar-refractivity contribution in [1.29, 1.82) is 0 Å². The van der Waals surface area contributed by atoms with Crippen LogP contribution in [0.3, 0.4) is 0 Å². The van der Waals surface area contributed by atoms with Crippen LogP contribution in [0.1, 0.15) is 38.4 Å². The first kappa shape index (κ1) is 19.4. The van der Waals surface area contributed by atoms with Gasteiger partial charge in [-0.1, -0.05) is 20.8 Å². The van der Waals surface area contributed by atoms with Crippen LogP contribution in [0.2, 0.25) is 18.1 Å². The van der Waals surface area contributed by atoms with Crippen molar-refractivity contribution in [1.82, 2.24) is 4.98 Å². The fourth-order valence-corrected chi connectivity index (χ4v) is 3.35. The summed E-state index contributed by atoms with van der Waals surface area (Å²) in [7, 11) is -3.91. The fourth-order valence-electron chi connectivity index (χ4n) is 1.73. The standard InChI is InChI=1S/C15H29NO4SSi/c1-15(2,3)22(5,6)20-12-14-10-13(11-16-14)8-7-9-21(17,18)19-4/h10-11,16H,7-9,12H2,1-6H3. The molecule has 0 aliphatic rings. The molecule has 7 heteroatoms. The number of rotatable bonds is 8. The number of nitrogens with one attached hydrogen (secondary N) is 1. The van der Waals surface area contributed by atoms with Gasteiger partial charge in [0, 0.05) is 11.9 Å². The van der Waals surface area contributed by atoms with Gasteiger partial charge in [-0.05, 0) is 42.6 Å². The van der Waals surface area contributed by atoms with Gasteiger partial charge in [-0.2, -0.15) is 8.42 Å². The van der Waals surface area contributed by atoms with Crippen LogP contribution in [-0.2, 0) is 31.8 Å². The van der Waals surface area contributed by atoms with Crippen LogP contribution in [0.25, 0.3) is 0 Å². The van der Waals surface area contributed by atoms with Gasteiger partial charge in [0.05, 0.1) is 19.5 Å². The van der Waals surface area contributed by atoms with Gasteiger partial charge in [0.1, 0.15) is 0 Å². The first-order valence-corrected chi connectivity index (χ1v) is 12.0. The van der Waals surface area contributed by atoms with Gasteiger partial charge in [0.2, 0.25) is 0 Å². The molecule has 0 saturated heterocycles. The predicted octanol–water partition coefficient (Wildman–Crippen LogP) is 3.45. The van der Waals surface area contributed by atoms with E-state index in [0.29, 0.717) is 19.4 Å². The minimum Gasteiger partial charge on any atom is -0.411 e. The smallest absolute Gasteiger partial charge is 0.267 e. The van der Waals surface area contributed by atoms with E-state index < -0.39 is 18.4 Å². The number of aromatic amines is 1. The summed E-state index contributed by atoms with van der Waals surface area (Å²) in [5, 5.41) is 0.191. The van der Waals surface area contributed by atoms with Crippen molar-refractivity contribution in [2.24, 2.45) is 0 Å². The molecular weight excluding hydrogens is 318 g/mol. The highest BCUT2D eigenvalue weighted by Gasteiger charge is 2.37. The Balaban J connectivity index is 2.49. The number of hydrogen-bond acceptors (Lipinski definition) is 4. The van der Waals surface area contributed by atoms with E-state index in [2.05, 4.69) is 43.0 Å². The zero-order chi connectivity index (χ0) is 17.0. The van der Waals surface area contributed by atoms with E-state index in [1.165, 1.54) is 7.11 Å². The lowest BCUT2D eigenvalue weighted by Gasteiger charge is -2.36. The molecule has 0 spiro atoms. The molecule has 1 N–H and O–H groups in total. The van der Waals surface area contributed by atoms with Gasteiger partial charge in [0.15, 0.2) is 8.32 Å². The molecule has 128 valence electrons. The summed E-state index contributed by atoms with van der Waals surface area (Å²) in [5.41, 5.74) is 2.13. The Bertz CT molecular complexity index is 573. The predicted molar refractivity (Wildman–Crippen MR) is 91.9 cm³/mol. The molecule has 0 radical (unpaired) electrons. The minimum atomic E-state index is -3.36. The topological polar surface area (TPSA) is 68.4 Å². The second-order valence-corrected chi connectivity index (χ2v) is 13.8. The quantitative estimate of drug-likeness (QED) is 0.578. The van der Waals surface area contributed by atoms with Crippen LogP contribution in [-0.4, -0.2) is 34.6 Å². The highest BCUT2D eigenvalue weighted by atomic mass is 32.2. The summed E-state index contributed by atoms with van der Waals surface area (Å²) in [6.45, 7) is 11.7. The normalized spacial score (nSPS) is 13.5. The van der Waals surface area contributed by atoms with Gasteiger partial charge in [-0.15, -0.1) is 0 Å². The Kier molecular flexibility index (Phi) is 6.43. The van der Waals surface area contributed by atoms with Crippen molar-refractivity contribution in [2.45, 2.75) is 58.4 Å². The average Bonchev–Trinajstić information content (AvgIpc) is 2.83. The number of H-pyrrole nitrogens is 1. The molecule has 0 saturated carbocycles. The molecule has 0 unspecified atom stereocenters. The third-order valence-electron chi connectivity index (χ3n) is 4.31. The van der Waals surface area contributed by atoms with Crippen LogP contribution in [0.15, 0.2) is 12.3 Å². The minimum absolute atomic E-state index is 0.0461. The van der Waals surface area contributed by atoms with E-state index in [4.69, 9.17) is 4.43 Å². The molecular formula is C15H29NO4SSi. The lowest BCUT2D eigenvalue weighted by Crippen LogP contribution is -2.40. The van der Waals surface area contributed by atoms with Crippen molar-refractivity contribution in [3.63, 3.8) is 0 Å². The molecule has 0 aliphatic heterocycles. The Hall–Kier alpha value is -0.633. The maximum Gasteiger partial charge on any atom is 0.267 e. The molecule has 0 fully saturated rings. The molecule has 0 aromatic carbocycles. The molecule has 5 nitrogen and oxygen atoms in total. The van der Waals surface area contributed by atoms with Gasteiger partial charge >= 0.3 is 0 Å². The SMILES string of the molecule is COS(=O)(=O)CCCc1c[nH]c(CO[Si](C)(C)C(C)(C)C)c1. The van der Waals surface area contributed by atoms with Crippen molar-refractivity contribution >= 4 is 18.4 Å². The molecule has 0 aliphatic carbocycles. The summed E-state index contributed by atoms with van der Waals surface area (Å²) >= 11 is 0. The maximum absolute atomic E-state index is 11.3. The van der Waals surface area contributed by atoms with Crippen molar-refractivity contribution < 1.29 is 17.0 Å². The third kappa shape index (κ3) is 5.87. The molecule has 0 amide bonds. The third-order valence-corrected chi connectivity index (χ3v) is 10.1. The van der Waals surface area contributed by atoms with Crippen molar-refractivity contribution in [3.8, 4) is 0 Å². The Morgan fingerprint density at radius 2 is 1.91 bits per heavy atom. The fraction of sp³-hybridized carbons (Fsp3) is 0.733. The monoisotopic (exact) mass is 347 g/mol. The highest BCUT2D eigenvalue weighted by molar-refractivity contribution is 7.86. The van der Waals surface area contributed by atoms with Crippen LogP contribution in [0.4, 0.5) is 0 Å². The Morgan fingerprint density at radius 3 is 2.45 bits per heavy atom. The highest BCUT2D eigenvalue weighted by Crippen LogP contribution is 2.37. The molecule has 1 aromatic heterocycles. The zero-order valence-electron chi connectivity index (χ0n) is 14.5. The average molecular weight is 348 g/mol. The second-order valence-electron chi connectivity index (χ2n) is 7.11. The molecule has 0 bridgehead atoms. The lowest BCUT2D eigenvalue weighted by atomic mass is 10.2. The van der Waals surface area contributed by atoms with E-state index in [-0.39, 0.29) is 10.8 Å². The number of aromatic nitrogens is 1. The second kappa shape index (κ2) is 7.29.